The first-order valence-corrected chi connectivity index (χ1v) is 7.00. The van der Waals surface area contributed by atoms with Crippen LogP contribution in [0.15, 0.2) is 10.5 Å². The van der Waals surface area contributed by atoms with Crippen molar-refractivity contribution in [3.05, 3.63) is 23.2 Å². The van der Waals surface area contributed by atoms with Crippen molar-refractivity contribution < 1.29 is 13.9 Å². The van der Waals surface area contributed by atoms with Crippen LogP contribution in [0.5, 0.6) is 0 Å². The largest absolute Gasteiger partial charge is 0.456 e. The van der Waals surface area contributed by atoms with Crippen LogP contribution in [0, 0.1) is 6.92 Å². The Bertz CT molecular complexity index is 433. The highest BCUT2D eigenvalue weighted by Gasteiger charge is 2.25. The minimum absolute atomic E-state index is 0.265. The van der Waals surface area contributed by atoms with Gasteiger partial charge in [0.2, 0.25) is 0 Å². The summed E-state index contributed by atoms with van der Waals surface area (Å²) in [5, 5.41) is 0.520. The second-order valence-electron chi connectivity index (χ2n) is 4.38. The Morgan fingerprint density at radius 2 is 2.44 bits per heavy atom. The summed E-state index contributed by atoms with van der Waals surface area (Å²) in [7, 11) is 0. The van der Waals surface area contributed by atoms with Crippen molar-refractivity contribution in [3.8, 4) is 0 Å². The molecule has 1 aliphatic heterocycles. The Balaban J connectivity index is 1.97. The van der Waals surface area contributed by atoms with Gasteiger partial charge >= 0.3 is 5.91 Å². The van der Waals surface area contributed by atoms with Gasteiger partial charge in [-0.3, -0.25) is 10.2 Å². The highest BCUT2D eigenvalue weighted by Crippen LogP contribution is 2.30. The quantitative estimate of drug-likeness (QED) is 0.493. The molecule has 2 atom stereocenters. The molecule has 1 amide bonds. The number of furan rings is 1. The van der Waals surface area contributed by atoms with Crippen molar-refractivity contribution in [2.45, 2.75) is 37.4 Å². The van der Waals surface area contributed by atoms with Crippen LogP contribution < -0.4 is 11.3 Å². The number of carbonyl (C=O) groups excluding carboxylic acids is 1. The molecule has 0 radical (unpaired) electrons. The van der Waals surface area contributed by atoms with Crippen molar-refractivity contribution in [1.82, 2.24) is 5.43 Å². The third-order valence-corrected chi connectivity index (χ3v) is 4.66. The van der Waals surface area contributed by atoms with Gasteiger partial charge in [0.25, 0.3) is 0 Å². The van der Waals surface area contributed by atoms with Gasteiger partial charge in [-0.2, -0.15) is 11.8 Å². The number of hydrogen-bond acceptors (Lipinski definition) is 5. The lowest BCUT2D eigenvalue weighted by Gasteiger charge is -2.12. The molecule has 0 spiro atoms. The molecule has 1 fully saturated rings. The Kier molecular flexibility index (Phi) is 4.31. The van der Waals surface area contributed by atoms with Crippen LogP contribution in [0.3, 0.4) is 0 Å². The first kappa shape index (κ1) is 13.5. The van der Waals surface area contributed by atoms with E-state index in [4.69, 9.17) is 15.0 Å². The fourth-order valence-corrected chi connectivity index (χ4v) is 3.27. The van der Waals surface area contributed by atoms with Gasteiger partial charge in [-0.1, -0.05) is 0 Å². The molecule has 18 heavy (non-hydrogen) atoms. The van der Waals surface area contributed by atoms with E-state index in [2.05, 4.69) is 12.3 Å². The van der Waals surface area contributed by atoms with E-state index in [1.54, 1.807) is 6.07 Å². The summed E-state index contributed by atoms with van der Waals surface area (Å²) in [5.74, 6) is 6.54. The first-order valence-electron chi connectivity index (χ1n) is 5.95. The Morgan fingerprint density at radius 1 is 1.67 bits per heavy atom. The average molecular weight is 270 g/mol. The first-order chi connectivity index (χ1) is 8.61. The summed E-state index contributed by atoms with van der Waals surface area (Å²) >= 11 is 1.84. The molecule has 6 heteroatoms. The van der Waals surface area contributed by atoms with Crippen LogP contribution in [-0.2, 0) is 10.5 Å². The number of rotatable bonds is 4. The fourth-order valence-electron chi connectivity index (χ4n) is 1.97. The molecular weight excluding hydrogens is 252 g/mol. The predicted octanol–water partition coefficient (Wildman–Crippen LogP) is 1.60. The molecule has 2 unspecified atom stereocenters. The molecule has 100 valence electrons. The lowest BCUT2D eigenvalue weighted by atomic mass is 10.2. The lowest BCUT2D eigenvalue weighted by Crippen LogP contribution is -2.29. The maximum Gasteiger partial charge on any atom is 0.300 e. The molecule has 0 bridgehead atoms. The number of nitrogens with one attached hydrogen (secondary N) is 1. The maximum atomic E-state index is 11.3. The topological polar surface area (TPSA) is 77.5 Å². The molecular formula is C12H18N2O3S. The van der Waals surface area contributed by atoms with Crippen molar-refractivity contribution >= 4 is 17.7 Å². The SMILES string of the molecule is Cc1oc(C(=O)NN)cc1CSC1CCOC1C. The van der Waals surface area contributed by atoms with E-state index in [0.29, 0.717) is 11.4 Å². The fraction of sp³-hybridized carbons (Fsp3) is 0.583. The van der Waals surface area contributed by atoms with Crippen LogP contribution in [0.1, 0.15) is 35.2 Å². The molecule has 1 aliphatic rings. The van der Waals surface area contributed by atoms with E-state index in [9.17, 15) is 4.79 Å². The Hall–Kier alpha value is -0.980. The normalized spacial score (nSPS) is 23.3. The summed E-state index contributed by atoms with van der Waals surface area (Å²) < 4.78 is 10.9. The molecule has 5 nitrogen and oxygen atoms in total. The Labute approximate surface area is 110 Å². The number of hydrazine groups is 1. The summed E-state index contributed by atoms with van der Waals surface area (Å²) in [6, 6.07) is 1.75. The van der Waals surface area contributed by atoms with E-state index in [1.807, 2.05) is 18.7 Å². The van der Waals surface area contributed by atoms with E-state index in [0.717, 1.165) is 30.1 Å². The number of nitrogens with two attached hydrogens (primary N) is 1. The third kappa shape index (κ3) is 2.88. The second-order valence-corrected chi connectivity index (χ2v) is 5.61. The minimum Gasteiger partial charge on any atom is -0.456 e. The number of hydrogen-bond donors (Lipinski definition) is 2. The molecule has 1 saturated heterocycles. The zero-order valence-electron chi connectivity index (χ0n) is 10.6. The number of ether oxygens (including phenoxy) is 1. The molecule has 0 aliphatic carbocycles. The highest BCUT2D eigenvalue weighted by atomic mass is 32.2. The number of carbonyl (C=O) groups is 1. The predicted molar refractivity (Wildman–Crippen MR) is 70.2 cm³/mol. The van der Waals surface area contributed by atoms with Gasteiger partial charge in [-0.05, 0) is 26.3 Å². The molecule has 0 aromatic carbocycles. The summed E-state index contributed by atoms with van der Waals surface area (Å²) in [6.07, 6.45) is 1.38. The molecule has 1 aromatic heterocycles. The average Bonchev–Trinajstić information content (AvgIpc) is 2.92. The van der Waals surface area contributed by atoms with Gasteiger partial charge in [0, 0.05) is 23.2 Å². The van der Waals surface area contributed by atoms with Gasteiger partial charge in [0.15, 0.2) is 5.76 Å². The molecule has 2 heterocycles. The van der Waals surface area contributed by atoms with Crippen molar-refractivity contribution in [2.24, 2.45) is 5.84 Å². The van der Waals surface area contributed by atoms with E-state index < -0.39 is 5.91 Å². The van der Waals surface area contributed by atoms with Crippen molar-refractivity contribution in [2.75, 3.05) is 6.61 Å². The number of amides is 1. The smallest absolute Gasteiger partial charge is 0.300 e. The monoisotopic (exact) mass is 270 g/mol. The van der Waals surface area contributed by atoms with Gasteiger partial charge in [0.1, 0.15) is 5.76 Å². The van der Waals surface area contributed by atoms with Crippen molar-refractivity contribution in [3.63, 3.8) is 0 Å². The minimum atomic E-state index is -0.396. The number of aryl methyl sites for hydroxylation is 1. The number of thioether (sulfide) groups is 1. The van der Waals surface area contributed by atoms with Crippen LogP contribution in [0.4, 0.5) is 0 Å². The van der Waals surface area contributed by atoms with Gasteiger partial charge < -0.3 is 9.15 Å². The summed E-state index contributed by atoms with van der Waals surface area (Å²) in [5.41, 5.74) is 3.11. The third-order valence-electron chi connectivity index (χ3n) is 3.14. The second kappa shape index (κ2) is 5.77. The van der Waals surface area contributed by atoms with Crippen LogP contribution in [-0.4, -0.2) is 23.9 Å². The molecule has 0 saturated carbocycles. The molecule has 1 aromatic rings. The standard InChI is InChI=1S/C12H18N2O3S/c1-7-9(5-10(17-7)12(15)14-13)6-18-11-3-4-16-8(11)2/h5,8,11H,3-4,6,13H2,1-2H3,(H,14,15). The van der Waals surface area contributed by atoms with E-state index >= 15 is 0 Å². The lowest BCUT2D eigenvalue weighted by molar-refractivity contribution is 0.0924. The van der Waals surface area contributed by atoms with Crippen LogP contribution in [0.25, 0.3) is 0 Å². The maximum absolute atomic E-state index is 11.3. The summed E-state index contributed by atoms with van der Waals surface area (Å²) in [4.78, 5) is 11.3. The van der Waals surface area contributed by atoms with Crippen LogP contribution >= 0.6 is 11.8 Å². The van der Waals surface area contributed by atoms with Gasteiger partial charge in [0.05, 0.1) is 6.10 Å². The summed E-state index contributed by atoms with van der Waals surface area (Å²) in [6.45, 7) is 4.79. The van der Waals surface area contributed by atoms with E-state index in [-0.39, 0.29) is 5.76 Å². The van der Waals surface area contributed by atoms with Crippen molar-refractivity contribution in [1.29, 1.82) is 0 Å². The molecule has 3 N–H and O–H groups in total. The zero-order chi connectivity index (χ0) is 13.1. The van der Waals surface area contributed by atoms with Gasteiger partial charge in [-0.15, -0.1) is 0 Å². The number of nitrogen functional groups attached to an aromatic ring is 1. The van der Waals surface area contributed by atoms with Gasteiger partial charge in [-0.25, -0.2) is 5.84 Å². The Morgan fingerprint density at radius 3 is 3.06 bits per heavy atom. The van der Waals surface area contributed by atoms with Crippen LogP contribution in [0.2, 0.25) is 0 Å². The molecule has 2 rings (SSSR count). The zero-order valence-corrected chi connectivity index (χ0v) is 11.4. The highest BCUT2D eigenvalue weighted by molar-refractivity contribution is 7.99. The van der Waals surface area contributed by atoms with E-state index in [1.165, 1.54) is 0 Å².